The Morgan fingerprint density at radius 2 is 1.87 bits per heavy atom. The quantitative estimate of drug-likeness (QED) is 0.365. The first-order chi connectivity index (χ1) is 18.0. The van der Waals surface area contributed by atoms with Crippen LogP contribution in [-0.4, -0.2) is 27.8 Å². The highest BCUT2D eigenvalue weighted by atomic mass is 19.4. The van der Waals surface area contributed by atoms with E-state index in [0.29, 0.717) is 41.5 Å². The van der Waals surface area contributed by atoms with E-state index in [4.69, 9.17) is 4.74 Å². The molecule has 0 aliphatic carbocycles. The Bertz CT molecular complexity index is 1670. The molecule has 194 valence electrons. The number of ether oxygens (including phenoxy) is 1. The van der Waals surface area contributed by atoms with Gasteiger partial charge in [-0.1, -0.05) is 12.1 Å². The summed E-state index contributed by atoms with van der Waals surface area (Å²) in [6.45, 7) is 4.34. The van der Waals surface area contributed by atoms with Crippen molar-refractivity contribution >= 4 is 28.3 Å². The molecule has 1 amide bonds. The van der Waals surface area contributed by atoms with E-state index in [2.05, 4.69) is 10.3 Å². The maximum atomic E-state index is 13.1. The number of aromatic nitrogens is 2. The largest absolute Gasteiger partial charge is 0.433 e. The van der Waals surface area contributed by atoms with Crippen LogP contribution in [0, 0.1) is 6.92 Å². The summed E-state index contributed by atoms with van der Waals surface area (Å²) in [4.78, 5) is 41.4. The minimum absolute atomic E-state index is 0.135. The summed E-state index contributed by atoms with van der Waals surface area (Å²) >= 11 is 0. The number of nitrogens with one attached hydrogen (secondary N) is 1. The van der Waals surface area contributed by atoms with E-state index >= 15 is 0 Å². The average Bonchev–Trinajstić information content (AvgIpc) is 2.89. The zero-order chi connectivity index (χ0) is 27.2. The van der Waals surface area contributed by atoms with E-state index in [1.54, 1.807) is 30.3 Å². The second-order valence-corrected chi connectivity index (χ2v) is 9.05. The number of halogens is 3. The van der Waals surface area contributed by atoms with Gasteiger partial charge in [0.15, 0.2) is 5.78 Å². The van der Waals surface area contributed by atoms with Crippen molar-refractivity contribution in [3.8, 4) is 11.1 Å². The molecule has 2 aromatic heterocycles. The van der Waals surface area contributed by atoms with Gasteiger partial charge in [-0.05, 0) is 66.9 Å². The number of amides is 1. The van der Waals surface area contributed by atoms with Crippen LogP contribution in [0.15, 0.2) is 59.5 Å². The SMILES string of the molecule is CC(=O)c1c2n(c3cc(-c4cc(NC(=O)c5ccnc(C(F)(F)F)c5)ccc4C)ccc3c1=O)CCOC2. The van der Waals surface area contributed by atoms with Crippen LogP contribution in [0.4, 0.5) is 18.9 Å². The smallest absolute Gasteiger partial charge is 0.373 e. The second kappa shape index (κ2) is 9.53. The number of alkyl halides is 3. The van der Waals surface area contributed by atoms with Crippen LogP contribution in [0.25, 0.3) is 22.0 Å². The molecule has 1 N–H and O–H groups in total. The first-order valence-corrected chi connectivity index (χ1v) is 11.8. The van der Waals surface area contributed by atoms with E-state index < -0.39 is 17.8 Å². The molecule has 2 aromatic carbocycles. The number of hydrogen-bond donors (Lipinski definition) is 1. The number of anilines is 1. The van der Waals surface area contributed by atoms with Gasteiger partial charge in [-0.2, -0.15) is 13.2 Å². The van der Waals surface area contributed by atoms with E-state index in [9.17, 15) is 27.6 Å². The molecule has 0 fully saturated rings. The van der Waals surface area contributed by atoms with Crippen molar-refractivity contribution in [1.29, 1.82) is 0 Å². The standard InChI is InChI=1S/C28H22F3N3O4/c1-15-3-5-19(33-27(37)18-7-8-32-24(12-18)28(29,30)31)13-21(15)17-4-6-20-22(11-17)34-9-10-38-14-23(34)25(16(2)35)26(20)36/h3-8,11-13H,9-10,14H2,1-2H3,(H,33,37). The highest BCUT2D eigenvalue weighted by molar-refractivity contribution is 6.04. The molecule has 0 unspecified atom stereocenters. The molecule has 10 heteroatoms. The zero-order valence-corrected chi connectivity index (χ0v) is 20.5. The lowest BCUT2D eigenvalue weighted by atomic mass is 9.96. The van der Waals surface area contributed by atoms with Crippen molar-refractivity contribution in [1.82, 2.24) is 9.55 Å². The van der Waals surface area contributed by atoms with Crippen molar-refractivity contribution in [3.63, 3.8) is 0 Å². The summed E-state index contributed by atoms with van der Waals surface area (Å²) in [5.74, 6) is -1.02. The highest BCUT2D eigenvalue weighted by Crippen LogP contribution is 2.31. The van der Waals surface area contributed by atoms with Gasteiger partial charge in [-0.3, -0.25) is 19.4 Å². The number of carbonyl (C=O) groups is 2. The zero-order valence-electron chi connectivity index (χ0n) is 20.5. The molecule has 5 rings (SSSR count). The third-order valence-corrected chi connectivity index (χ3v) is 6.54. The van der Waals surface area contributed by atoms with Gasteiger partial charge in [-0.15, -0.1) is 0 Å². The molecule has 4 aromatic rings. The Hall–Kier alpha value is -4.31. The van der Waals surface area contributed by atoms with Crippen LogP contribution in [0.5, 0.6) is 0 Å². The van der Waals surface area contributed by atoms with Crippen molar-refractivity contribution in [3.05, 3.63) is 93.0 Å². The molecule has 7 nitrogen and oxygen atoms in total. The molecule has 1 aliphatic rings. The lowest BCUT2D eigenvalue weighted by Crippen LogP contribution is -2.28. The monoisotopic (exact) mass is 521 g/mol. The summed E-state index contributed by atoms with van der Waals surface area (Å²) in [6.07, 6.45) is -3.72. The van der Waals surface area contributed by atoms with Crippen molar-refractivity contribution in [2.75, 3.05) is 11.9 Å². The average molecular weight is 521 g/mol. The van der Waals surface area contributed by atoms with Gasteiger partial charge in [0.25, 0.3) is 5.91 Å². The molecule has 0 radical (unpaired) electrons. The number of ketones is 1. The highest BCUT2D eigenvalue weighted by Gasteiger charge is 2.33. The molecule has 3 heterocycles. The van der Waals surface area contributed by atoms with Gasteiger partial charge in [0.1, 0.15) is 5.69 Å². The maximum Gasteiger partial charge on any atom is 0.433 e. The molecule has 0 saturated heterocycles. The Balaban J connectivity index is 1.54. The third-order valence-electron chi connectivity index (χ3n) is 6.54. The van der Waals surface area contributed by atoms with E-state index in [1.807, 2.05) is 17.6 Å². The summed E-state index contributed by atoms with van der Waals surface area (Å²) in [7, 11) is 0. The van der Waals surface area contributed by atoms with Crippen LogP contribution in [-0.2, 0) is 24.1 Å². The summed E-state index contributed by atoms with van der Waals surface area (Å²) in [5.41, 5.74) is 2.49. The van der Waals surface area contributed by atoms with Crippen molar-refractivity contribution < 1.29 is 27.5 Å². The number of rotatable bonds is 4. The van der Waals surface area contributed by atoms with Gasteiger partial charge in [-0.25, -0.2) is 0 Å². The lowest BCUT2D eigenvalue weighted by Gasteiger charge is -2.24. The fourth-order valence-corrected chi connectivity index (χ4v) is 4.69. The van der Waals surface area contributed by atoms with E-state index in [1.165, 1.54) is 13.0 Å². The van der Waals surface area contributed by atoms with Gasteiger partial charge in [0.2, 0.25) is 5.43 Å². The molecule has 1 aliphatic heterocycles. The van der Waals surface area contributed by atoms with Crippen LogP contribution in [0.1, 0.15) is 44.6 Å². The number of aryl methyl sites for hydroxylation is 1. The van der Waals surface area contributed by atoms with Crippen LogP contribution in [0.3, 0.4) is 0 Å². The van der Waals surface area contributed by atoms with Gasteiger partial charge < -0.3 is 14.6 Å². The molecule has 0 spiro atoms. The van der Waals surface area contributed by atoms with Crippen molar-refractivity contribution in [2.24, 2.45) is 0 Å². The molecule has 0 atom stereocenters. The number of benzene rings is 2. The third kappa shape index (κ3) is 4.58. The summed E-state index contributed by atoms with van der Waals surface area (Å²) in [6, 6.07) is 12.4. The van der Waals surface area contributed by atoms with E-state index in [-0.39, 0.29) is 28.9 Å². The van der Waals surface area contributed by atoms with E-state index in [0.717, 1.165) is 22.9 Å². The minimum Gasteiger partial charge on any atom is -0.373 e. The number of pyridine rings is 2. The number of Topliss-reactive ketones (excluding diaryl/α,β-unsaturated/α-hetero) is 1. The number of hydrogen-bond acceptors (Lipinski definition) is 5. The topological polar surface area (TPSA) is 90.3 Å². The molecule has 0 bridgehead atoms. The maximum absolute atomic E-state index is 13.1. The lowest BCUT2D eigenvalue weighted by molar-refractivity contribution is -0.141. The Morgan fingerprint density at radius 1 is 1.08 bits per heavy atom. The fraction of sp³-hybridized carbons (Fsp3) is 0.214. The minimum atomic E-state index is -4.66. The molecule has 38 heavy (non-hydrogen) atoms. The van der Waals surface area contributed by atoms with Crippen LogP contribution < -0.4 is 10.7 Å². The summed E-state index contributed by atoms with van der Waals surface area (Å²) < 4.78 is 46.5. The summed E-state index contributed by atoms with van der Waals surface area (Å²) in [5, 5.41) is 3.07. The van der Waals surface area contributed by atoms with Crippen LogP contribution in [0.2, 0.25) is 0 Å². The second-order valence-electron chi connectivity index (χ2n) is 9.05. The predicted molar refractivity (Wildman–Crippen MR) is 135 cm³/mol. The Labute approximate surface area is 214 Å². The molecular weight excluding hydrogens is 499 g/mol. The Kier molecular flexibility index (Phi) is 6.36. The first kappa shape index (κ1) is 25.3. The number of fused-ring (bicyclic) bond motifs is 3. The molecule has 0 saturated carbocycles. The fourth-order valence-electron chi connectivity index (χ4n) is 4.69. The first-order valence-electron chi connectivity index (χ1n) is 11.8. The van der Waals surface area contributed by atoms with Crippen LogP contribution >= 0.6 is 0 Å². The number of nitrogens with zero attached hydrogens (tertiary/aromatic N) is 2. The predicted octanol–water partition coefficient (Wildman–Crippen LogP) is 5.38. The normalized spacial score (nSPS) is 13.3. The number of carbonyl (C=O) groups excluding carboxylic acids is 2. The molecular formula is C28H22F3N3O4. The van der Waals surface area contributed by atoms with Gasteiger partial charge in [0, 0.05) is 29.4 Å². The Morgan fingerprint density at radius 3 is 2.61 bits per heavy atom. The van der Waals surface area contributed by atoms with Gasteiger partial charge >= 0.3 is 6.18 Å². The van der Waals surface area contributed by atoms with Gasteiger partial charge in [0.05, 0.1) is 30.0 Å². The van der Waals surface area contributed by atoms with Crippen molar-refractivity contribution in [2.45, 2.75) is 33.2 Å².